The third-order valence-corrected chi connectivity index (χ3v) is 4.29. The lowest BCUT2D eigenvalue weighted by atomic mass is 10.4. The first-order valence-electron chi connectivity index (χ1n) is 4.40. The molecule has 1 heterocycles. The monoisotopic (exact) mass is 206 g/mol. The molecule has 0 aromatic carbocycles. The Balaban J connectivity index is 2.12. The highest BCUT2D eigenvalue weighted by atomic mass is 33.1. The standard InChI is InChI=1S/C8H18N2S2/c1-9(2)3-4-10-5-7-11-12-8-6-10/h3-8H2,1-2H3. The van der Waals surface area contributed by atoms with Gasteiger partial charge in [0.25, 0.3) is 0 Å². The molecular formula is C8H18N2S2. The molecule has 0 saturated carbocycles. The number of likely N-dealkylation sites (N-methyl/N-ethyl adjacent to an activating group) is 1. The van der Waals surface area contributed by atoms with E-state index in [4.69, 9.17) is 0 Å². The van der Waals surface area contributed by atoms with Crippen molar-refractivity contribution in [3.8, 4) is 0 Å². The predicted molar refractivity (Wildman–Crippen MR) is 59.9 cm³/mol. The summed E-state index contributed by atoms with van der Waals surface area (Å²) in [6, 6.07) is 0. The van der Waals surface area contributed by atoms with Gasteiger partial charge in [-0.3, -0.25) is 0 Å². The molecular weight excluding hydrogens is 188 g/mol. The van der Waals surface area contributed by atoms with Crippen molar-refractivity contribution in [1.82, 2.24) is 9.80 Å². The highest BCUT2D eigenvalue weighted by Crippen LogP contribution is 2.23. The Bertz CT molecular complexity index is 112. The van der Waals surface area contributed by atoms with Gasteiger partial charge in [-0.15, -0.1) is 0 Å². The van der Waals surface area contributed by atoms with Crippen LogP contribution in [0.3, 0.4) is 0 Å². The first-order valence-corrected chi connectivity index (χ1v) is 6.89. The average molecular weight is 206 g/mol. The zero-order chi connectivity index (χ0) is 8.81. The van der Waals surface area contributed by atoms with Crippen LogP contribution in [-0.4, -0.2) is 61.6 Å². The van der Waals surface area contributed by atoms with Crippen LogP contribution in [0.15, 0.2) is 0 Å². The molecule has 1 saturated heterocycles. The van der Waals surface area contributed by atoms with Gasteiger partial charge in [0.15, 0.2) is 0 Å². The zero-order valence-corrected chi connectivity index (χ0v) is 9.59. The van der Waals surface area contributed by atoms with Crippen molar-refractivity contribution in [2.45, 2.75) is 0 Å². The van der Waals surface area contributed by atoms with E-state index in [1.807, 2.05) is 21.6 Å². The minimum Gasteiger partial charge on any atom is -0.308 e. The maximum Gasteiger partial charge on any atom is 0.0165 e. The Kier molecular flexibility index (Phi) is 5.47. The van der Waals surface area contributed by atoms with Gasteiger partial charge in [-0.2, -0.15) is 0 Å². The molecule has 1 rings (SSSR count). The minimum atomic E-state index is 1.19. The highest BCUT2D eigenvalue weighted by molar-refractivity contribution is 8.76. The van der Waals surface area contributed by atoms with Gasteiger partial charge >= 0.3 is 0 Å². The van der Waals surface area contributed by atoms with E-state index >= 15 is 0 Å². The van der Waals surface area contributed by atoms with Crippen LogP contribution in [0.1, 0.15) is 0 Å². The smallest absolute Gasteiger partial charge is 0.0165 e. The summed E-state index contributed by atoms with van der Waals surface area (Å²) >= 11 is 0. The first kappa shape index (κ1) is 10.7. The normalized spacial score (nSPS) is 21.2. The van der Waals surface area contributed by atoms with Gasteiger partial charge in [-0.25, -0.2) is 0 Å². The number of rotatable bonds is 3. The summed E-state index contributed by atoms with van der Waals surface area (Å²) in [5, 5.41) is 0. The number of nitrogens with zero attached hydrogens (tertiary/aromatic N) is 2. The summed E-state index contributed by atoms with van der Waals surface area (Å²) in [4.78, 5) is 4.82. The van der Waals surface area contributed by atoms with Crippen molar-refractivity contribution in [1.29, 1.82) is 0 Å². The Hall–Kier alpha value is 0.620. The molecule has 0 aromatic rings. The molecule has 0 atom stereocenters. The fourth-order valence-corrected chi connectivity index (χ4v) is 3.18. The summed E-state index contributed by atoms with van der Waals surface area (Å²) in [6.45, 7) is 4.96. The average Bonchev–Trinajstić information content (AvgIpc) is 2.28. The minimum absolute atomic E-state index is 1.19. The van der Waals surface area contributed by atoms with E-state index in [-0.39, 0.29) is 0 Å². The second-order valence-electron chi connectivity index (χ2n) is 3.29. The number of hydrogen-bond acceptors (Lipinski definition) is 4. The van der Waals surface area contributed by atoms with E-state index in [0.29, 0.717) is 0 Å². The quantitative estimate of drug-likeness (QED) is 0.641. The summed E-state index contributed by atoms with van der Waals surface area (Å²) in [6.07, 6.45) is 0. The van der Waals surface area contributed by atoms with Crippen LogP contribution in [0.4, 0.5) is 0 Å². The molecule has 0 spiro atoms. The lowest BCUT2D eigenvalue weighted by Gasteiger charge is -2.21. The summed E-state index contributed by atoms with van der Waals surface area (Å²) in [5.74, 6) is 2.58. The van der Waals surface area contributed by atoms with Crippen molar-refractivity contribution in [2.24, 2.45) is 0 Å². The van der Waals surface area contributed by atoms with E-state index in [2.05, 4.69) is 23.9 Å². The van der Waals surface area contributed by atoms with E-state index in [9.17, 15) is 0 Å². The molecule has 72 valence electrons. The van der Waals surface area contributed by atoms with Crippen LogP contribution in [0.5, 0.6) is 0 Å². The molecule has 0 bridgehead atoms. The zero-order valence-electron chi connectivity index (χ0n) is 7.95. The van der Waals surface area contributed by atoms with E-state index in [0.717, 1.165) is 0 Å². The Morgan fingerprint density at radius 1 is 1.17 bits per heavy atom. The third-order valence-electron chi connectivity index (χ3n) is 1.93. The van der Waals surface area contributed by atoms with Gasteiger partial charge in [0.1, 0.15) is 0 Å². The van der Waals surface area contributed by atoms with Gasteiger partial charge in [-0.05, 0) is 14.1 Å². The molecule has 12 heavy (non-hydrogen) atoms. The van der Waals surface area contributed by atoms with Crippen LogP contribution >= 0.6 is 21.6 Å². The van der Waals surface area contributed by atoms with Crippen LogP contribution in [-0.2, 0) is 0 Å². The number of hydrogen-bond donors (Lipinski definition) is 0. The molecule has 1 aliphatic heterocycles. The first-order chi connectivity index (χ1) is 5.79. The SMILES string of the molecule is CN(C)CCN1CCSSCC1. The molecule has 0 radical (unpaired) electrons. The van der Waals surface area contributed by atoms with E-state index in [1.165, 1.54) is 37.7 Å². The molecule has 1 aliphatic rings. The van der Waals surface area contributed by atoms with Crippen molar-refractivity contribution in [3.63, 3.8) is 0 Å². The molecule has 1 fully saturated rings. The predicted octanol–water partition coefficient (Wildman–Crippen LogP) is 1.24. The second-order valence-corrected chi connectivity index (χ2v) is 5.99. The lowest BCUT2D eigenvalue weighted by molar-refractivity contribution is 0.266. The topological polar surface area (TPSA) is 6.48 Å². The van der Waals surface area contributed by atoms with E-state index in [1.54, 1.807) is 0 Å². The van der Waals surface area contributed by atoms with Crippen LogP contribution in [0.2, 0.25) is 0 Å². The Morgan fingerprint density at radius 2 is 1.75 bits per heavy atom. The lowest BCUT2D eigenvalue weighted by Crippen LogP contribution is -2.33. The molecule has 0 aliphatic carbocycles. The van der Waals surface area contributed by atoms with Gasteiger partial charge in [0.2, 0.25) is 0 Å². The van der Waals surface area contributed by atoms with Crippen LogP contribution < -0.4 is 0 Å². The van der Waals surface area contributed by atoms with Gasteiger partial charge in [0, 0.05) is 37.7 Å². The fourth-order valence-electron chi connectivity index (χ4n) is 1.13. The summed E-state index contributed by atoms with van der Waals surface area (Å²) in [5.41, 5.74) is 0. The fraction of sp³-hybridized carbons (Fsp3) is 1.00. The highest BCUT2D eigenvalue weighted by Gasteiger charge is 2.08. The summed E-state index contributed by atoms with van der Waals surface area (Å²) < 4.78 is 0. The molecule has 0 N–H and O–H groups in total. The third kappa shape index (κ3) is 4.60. The molecule has 2 nitrogen and oxygen atoms in total. The molecule has 0 unspecified atom stereocenters. The van der Waals surface area contributed by atoms with Crippen molar-refractivity contribution >= 4 is 21.6 Å². The largest absolute Gasteiger partial charge is 0.308 e. The maximum atomic E-state index is 2.56. The second kappa shape index (κ2) is 6.13. The van der Waals surface area contributed by atoms with Crippen molar-refractivity contribution in [3.05, 3.63) is 0 Å². The molecule has 4 heteroatoms. The van der Waals surface area contributed by atoms with Gasteiger partial charge in [0.05, 0.1) is 0 Å². The van der Waals surface area contributed by atoms with Crippen molar-refractivity contribution < 1.29 is 0 Å². The van der Waals surface area contributed by atoms with Crippen LogP contribution in [0, 0.1) is 0 Å². The van der Waals surface area contributed by atoms with Gasteiger partial charge in [-0.1, -0.05) is 21.6 Å². The van der Waals surface area contributed by atoms with Crippen LogP contribution in [0.25, 0.3) is 0 Å². The van der Waals surface area contributed by atoms with E-state index < -0.39 is 0 Å². The Morgan fingerprint density at radius 3 is 2.25 bits per heavy atom. The summed E-state index contributed by atoms with van der Waals surface area (Å²) in [7, 11) is 8.31. The molecule has 0 amide bonds. The Labute approximate surface area is 83.5 Å². The molecule has 0 aromatic heterocycles. The van der Waals surface area contributed by atoms with Crippen molar-refractivity contribution in [2.75, 3.05) is 51.8 Å². The maximum absolute atomic E-state index is 2.56. The van der Waals surface area contributed by atoms with Gasteiger partial charge < -0.3 is 9.80 Å².